The molecule has 112 valence electrons. The van der Waals surface area contributed by atoms with E-state index in [9.17, 15) is 17.2 Å². The fraction of sp³-hybridized carbons (Fsp3) is 0.500. The molecular formula is C12H17F2N3O2S. The summed E-state index contributed by atoms with van der Waals surface area (Å²) in [6.07, 6.45) is 2.30. The van der Waals surface area contributed by atoms with E-state index in [1.807, 2.05) is 0 Å². The first-order chi connectivity index (χ1) is 9.44. The van der Waals surface area contributed by atoms with Crippen molar-refractivity contribution in [2.24, 2.45) is 5.73 Å². The lowest BCUT2D eigenvalue weighted by Gasteiger charge is -2.33. The SMILES string of the molecule is NCC1CCCCN1S(=O)(=O)Nc1cc(F)ccc1F. The molecule has 20 heavy (non-hydrogen) atoms. The normalized spacial score (nSPS) is 20.9. The predicted molar refractivity (Wildman–Crippen MR) is 72.3 cm³/mol. The van der Waals surface area contributed by atoms with E-state index in [2.05, 4.69) is 4.72 Å². The molecule has 1 fully saturated rings. The fourth-order valence-electron chi connectivity index (χ4n) is 2.30. The highest BCUT2D eigenvalue weighted by molar-refractivity contribution is 7.90. The van der Waals surface area contributed by atoms with E-state index in [0.29, 0.717) is 13.0 Å². The van der Waals surface area contributed by atoms with Crippen molar-refractivity contribution < 1.29 is 17.2 Å². The van der Waals surface area contributed by atoms with Gasteiger partial charge in [0.05, 0.1) is 5.69 Å². The molecule has 0 spiro atoms. The molecule has 2 rings (SSSR count). The lowest BCUT2D eigenvalue weighted by molar-refractivity contribution is 0.259. The van der Waals surface area contributed by atoms with Crippen LogP contribution in [-0.4, -0.2) is 31.9 Å². The van der Waals surface area contributed by atoms with Crippen LogP contribution in [0.4, 0.5) is 14.5 Å². The summed E-state index contributed by atoms with van der Waals surface area (Å²) in [4.78, 5) is 0. The van der Waals surface area contributed by atoms with Gasteiger partial charge >= 0.3 is 10.2 Å². The van der Waals surface area contributed by atoms with Gasteiger partial charge in [-0.15, -0.1) is 0 Å². The quantitative estimate of drug-likeness (QED) is 0.883. The molecule has 1 aromatic rings. The summed E-state index contributed by atoms with van der Waals surface area (Å²) in [5.74, 6) is -1.53. The van der Waals surface area contributed by atoms with Gasteiger partial charge in [0.1, 0.15) is 11.6 Å². The minimum atomic E-state index is -3.94. The van der Waals surface area contributed by atoms with Crippen molar-refractivity contribution in [2.75, 3.05) is 17.8 Å². The second-order valence-corrected chi connectivity index (χ2v) is 6.35. The molecule has 3 N–H and O–H groups in total. The first-order valence-electron chi connectivity index (χ1n) is 6.39. The molecular weight excluding hydrogens is 288 g/mol. The van der Waals surface area contributed by atoms with Gasteiger partial charge < -0.3 is 5.73 Å². The van der Waals surface area contributed by atoms with Crippen LogP contribution in [-0.2, 0) is 10.2 Å². The summed E-state index contributed by atoms with van der Waals surface area (Å²) in [7, 11) is -3.94. The molecule has 1 aliphatic heterocycles. The topological polar surface area (TPSA) is 75.4 Å². The third-order valence-corrected chi connectivity index (χ3v) is 4.90. The van der Waals surface area contributed by atoms with Crippen LogP contribution in [0, 0.1) is 11.6 Å². The van der Waals surface area contributed by atoms with E-state index in [1.165, 1.54) is 4.31 Å². The van der Waals surface area contributed by atoms with Crippen LogP contribution >= 0.6 is 0 Å². The second-order valence-electron chi connectivity index (χ2n) is 4.73. The van der Waals surface area contributed by atoms with Crippen molar-refractivity contribution in [3.63, 3.8) is 0 Å². The van der Waals surface area contributed by atoms with Gasteiger partial charge in [0.2, 0.25) is 0 Å². The minimum Gasteiger partial charge on any atom is -0.329 e. The van der Waals surface area contributed by atoms with Gasteiger partial charge in [-0.2, -0.15) is 12.7 Å². The Bertz CT molecular complexity index is 580. The first kappa shape index (κ1) is 15.1. The van der Waals surface area contributed by atoms with Crippen molar-refractivity contribution in [3.05, 3.63) is 29.8 Å². The molecule has 1 heterocycles. The van der Waals surface area contributed by atoms with Crippen molar-refractivity contribution >= 4 is 15.9 Å². The van der Waals surface area contributed by atoms with Crippen LogP contribution in [0.2, 0.25) is 0 Å². The van der Waals surface area contributed by atoms with Crippen molar-refractivity contribution in [3.8, 4) is 0 Å². The van der Waals surface area contributed by atoms with Gasteiger partial charge in [-0.1, -0.05) is 6.42 Å². The number of benzene rings is 1. The van der Waals surface area contributed by atoms with Gasteiger partial charge in [-0.05, 0) is 25.0 Å². The summed E-state index contributed by atoms with van der Waals surface area (Å²) in [6.45, 7) is 0.528. The van der Waals surface area contributed by atoms with Crippen molar-refractivity contribution in [1.29, 1.82) is 0 Å². The molecule has 0 bridgehead atoms. The molecule has 1 unspecified atom stereocenters. The Morgan fingerprint density at radius 2 is 2.10 bits per heavy atom. The lowest BCUT2D eigenvalue weighted by atomic mass is 10.1. The van der Waals surface area contributed by atoms with E-state index in [4.69, 9.17) is 5.73 Å². The standard InChI is InChI=1S/C12H17F2N3O2S/c13-9-4-5-11(14)12(7-9)16-20(18,19)17-6-2-1-3-10(17)8-15/h4-5,7,10,16H,1-3,6,8,15H2. The molecule has 0 saturated carbocycles. The zero-order valence-electron chi connectivity index (χ0n) is 10.9. The number of halogens is 2. The van der Waals surface area contributed by atoms with E-state index >= 15 is 0 Å². The molecule has 1 saturated heterocycles. The smallest absolute Gasteiger partial charge is 0.302 e. The van der Waals surface area contributed by atoms with Crippen LogP contribution in [0.15, 0.2) is 18.2 Å². The molecule has 8 heteroatoms. The monoisotopic (exact) mass is 305 g/mol. The summed E-state index contributed by atoms with van der Waals surface area (Å²) in [6, 6.07) is 2.31. The lowest BCUT2D eigenvalue weighted by Crippen LogP contribution is -2.49. The van der Waals surface area contributed by atoms with E-state index in [0.717, 1.165) is 31.0 Å². The minimum absolute atomic E-state index is 0.201. The molecule has 1 atom stereocenters. The third kappa shape index (κ3) is 3.25. The van der Waals surface area contributed by atoms with Crippen LogP contribution in [0.25, 0.3) is 0 Å². The highest BCUT2D eigenvalue weighted by Crippen LogP contribution is 2.23. The van der Waals surface area contributed by atoms with E-state index in [1.54, 1.807) is 0 Å². The number of hydrogen-bond donors (Lipinski definition) is 2. The van der Waals surface area contributed by atoms with Crippen LogP contribution < -0.4 is 10.5 Å². The van der Waals surface area contributed by atoms with Crippen LogP contribution in [0.1, 0.15) is 19.3 Å². The third-order valence-electron chi connectivity index (χ3n) is 3.32. The molecule has 1 aromatic carbocycles. The number of nitrogens with two attached hydrogens (primary N) is 1. The maximum absolute atomic E-state index is 13.5. The Hall–Kier alpha value is -1.25. The Labute approximate surface area is 116 Å². The summed E-state index contributed by atoms with van der Waals surface area (Å²) < 4.78 is 54.4. The highest BCUT2D eigenvalue weighted by atomic mass is 32.2. The second kappa shape index (κ2) is 6.02. The Morgan fingerprint density at radius 3 is 2.80 bits per heavy atom. The number of hydrogen-bond acceptors (Lipinski definition) is 3. The Balaban J connectivity index is 2.24. The predicted octanol–water partition coefficient (Wildman–Crippen LogP) is 1.43. The first-order valence-corrected chi connectivity index (χ1v) is 7.83. The van der Waals surface area contributed by atoms with Gasteiger partial charge in [-0.3, -0.25) is 4.72 Å². The molecule has 1 aliphatic rings. The average Bonchev–Trinajstić information content (AvgIpc) is 2.42. The average molecular weight is 305 g/mol. The number of nitrogens with zero attached hydrogens (tertiary/aromatic N) is 1. The maximum Gasteiger partial charge on any atom is 0.302 e. The molecule has 0 aliphatic carbocycles. The van der Waals surface area contributed by atoms with E-state index < -0.39 is 27.5 Å². The summed E-state index contributed by atoms with van der Waals surface area (Å²) in [5.41, 5.74) is 5.17. The Morgan fingerprint density at radius 1 is 1.35 bits per heavy atom. The zero-order valence-corrected chi connectivity index (χ0v) is 11.7. The number of rotatable bonds is 4. The van der Waals surface area contributed by atoms with Gasteiger partial charge in [0, 0.05) is 25.2 Å². The molecule has 0 aromatic heterocycles. The summed E-state index contributed by atoms with van der Waals surface area (Å²) >= 11 is 0. The number of nitrogens with one attached hydrogen (secondary N) is 1. The molecule has 0 amide bonds. The number of piperidine rings is 1. The van der Waals surface area contributed by atoms with Gasteiger partial charge in [-0.25, -0.2) is 8.78 Å². The van der Waals surface area contributed by atoms with Crippen LogP contribution in [0.5, 0.6) is 0 Å². The summed E-state index contributed by atoms with van der Waals surface area (Å²) in [5, 5.41) is 0. The van der Waals surface area contributed by atoms with E-state index in [-0.39, 0.29) is 12.6 Å². The van der Waals surface area contributed by atoms with Crippen molar-refractivity contribution in [2.45, 2.75) is 25.3 Å². The Kier molecular flexibility index (Phi) is 4.56. The molecule has 0 radical (unpaired) electrons. The van der Waals surface area contributed by atoms with Gasteiger partial charge in [0.15, 0.2) is 0 Å². The van der Waals surface area contributed by atoms with Crippen LogP contribution in [0.3, 0.4) is 0 Å². The van der Waals surface area contributed by atoms with Crippen molar-refractivity contribution in [1.82, 2.24) is 4.31 Å². The highest BCUT2D eigenvalue weighted by Gasteiger charge is 2.31. The maximum atomic E-state index is 13.5. The molecule has 5 nitrogen and oxygen atoms in total. The number of anilines is 1. The fourth-order valence-corrected chi connectivity index (χ4v) is 3.80. The van der Waals surface area contributed by atoms with Gasteiger partial charge in [0.25, 0.3) is 0 Å². The largest absolute Gasteiger partial charge is 0.329 e. The zero-order chi connectivity index (χ0) is 14.8.